The molecule has 1 aromatic heterocycles. The molecule has 25 heavy (non-hydrogen) atoms. The van der Waals surface area contributed by atoms with Crippen molar-refractivity contribution in [1.29, 1.82) is 0 Å². The van der Waals surface area contributed by atoms with Crippen LogP contribution in [0.2, 0.25) is 0 Å². The summed E-state index contributed by atoms with van der Waals surface area (Å²) in [5, 5.41) is 14.7. The van der Waals surface area contributed by atoms with Crippen molar-refractivity contribution in [2.45, 2.75) is 26.2 Å². The van der Waals surface area contributed by atoms with Gasteiger partial charge < -0.3 is 15.2 Å². The molecule has 2 rings (SSSR count). The lowest BCUT2D eigenvalue weighted by Gasteiger charge is -2.15. The Morgan fingerprint density at radius 3 is 2.64 bits per heavy atom. The fourth-order valence-corrected chi connectivity index (χ4v) is 3.16. The summed E-state index contributed by atoms with van der Waals surface area (Å²) in [7, 11) is 1.55. The number of carboxylic acids is 1. The average Bonchev–Trinajstić information content (AvgIpc) is 3.08. The number of hydrogen-bond donors (Lipinski definition) is 2. The molecule has 0 fully saturated rings. The molecule has 0 saturated heterocycles. The highest BCUT2D eigenvalue weighted by molar-refractivity contribution is 7.09. The first-order valence-electron chi connectivity index (χ1n) is 8.00. The first-order valence-corrected chi connectivity index (χ1v) is 8.88. The zero-order chi connectivity index (χ0) is 18.4. The molecular weight excluding hydrogens is 340 g/mol. The Bertz CT molecular complexity index is 742. The van der Waals surface area contributed by atoms with Crippen LogP contribution >= 0.6 is 11.3 Å². The highest BCUT2D eigenvalue weighted by Crippen LogP contribution is 2.21. The molecule has 0 bridgehead atoms. The van der Waals surface area contributed by atoms with Gasteiger partial charge in [0.15, 0.2) is 0 Å². The molecule has 0 aliphatic heterocycles. The van der Waals surface area contributed by atoms with Crippen LogP contribution in [0.1, 0.15) is 40.8 Å². The van der Waals surface area contributed by atoms with Crippen LogP contribution in [0.15, 0.2) is 29.6 Å². The number of aliphatic carboxylic acids is 1. The van der Waals surface area contributed by atoms with Gasteiger partial charge in [0.1, 0.15) is 11.4 Å². The second kappa shape index (κ2) is 8.62. The van der Waals surface area contributed by atoms with Crippen molar-refractivity contribution < 1.29 is 19.4 Å². The number of nitrogens with one attached hydrogen (secondary N) is 1. The van der Waals surface area contributed by atoms with Gasteiger partial charge in [-0.05, 0) is 18.1 Å². The summed E-state index contributed by atoms with van der Waals surface area (Å²) >= 11 is 1.43. The van der Waals surface area contributed by atoms with Crippen LogP contribution in [0.5, 0.6) is 5.75 Å². The van der Waals surface area contributed by atoms with Gasteiger partial charge in [0.05, 0.1) is 18.0 Å². The third-order valence-corrected chi connectivity index (χ3v) is 4.91. The summed E-state index contributed by atoms with van der Waals surface area (Å²) in [6, 6.07) is 7.27. The van der Waals surface area contributed by atoms with Crippen LogP contribution in [0.3, 0.4) is 0 Å². The zero-order valence-electron chi connectivity index (χ0n) is 14.5. The molecule has 1 unspecified atom stereocenters. The molecule has 6 nitrogen and oxygen atoms in total. The normalized spacial score (nSPS) is 12.0. The molecule has 2 aromatic rings. The minimum atomic E-state index is -0.965. The van der Waals surface area contributed by atoms with E-state index in [1.807, 2.05) is 32.0 Å². The third kappa shape index (κ3) is 5.03. The smallest absolute Gasteiger partial charge is 0.308 e. The van der Waals surface area contributed by atoms with E-state index >= 15 is 0 Å². The minimum absolute atomic E-state index is 0.0285. The molecule has 7 heteroatoms. The second-order valence-corrected chi connectivity index (χ2v) is 6.88. The van der Waals surface area contributed by atoms with Crippen molar-refractivity contribution in [2.24, 2.45) is 5.92 Å². The van der Waals surface area contributed by atoms with Crippen molar-refractivity contribution in [2.75, 3.05) is 13.7 Å². The number of carboxylic acid groups (broad SMARTS) is 1. The van der Waals surface area contributed by atoms with E-state index in [-0.39, 0.29) is 24.8 Å². The lowest BCUT2D eigenvalue weighted by atomic mass is 9.98. The molecule has 0 aliphatic carbocycles. The summed E-state index contributed by atoms with van der Waals surface area (Å²) in [4.78, 5) is 28.0. The molecule has 2 N–H and O–H groups in total. The molecule has 1 heterocycles. The first kappa shape index (κ1) is 18.9. The van der Waals surface area contributed by atoms with E-state index in [4.69, 9.17) is 4.74 Å². The summed E-state index contributed by atoms with van der Waals surface area (Å²) < 4.78 is 5.26. The zero-order valence-corrected chi connectivity index (χ0v) is 15.3. The van der Waals surface area contributed by atoms with E-state index in [9.17, 15) is 14.7 Å². The number of para-hydroxylation sites is 1. The number of carbonyl (C=O) groups is 2. The predicted molar refractivity (Wildman–Crippen MR) is 96.4 cm³/mol. The molecule has 0 radical (unpaired) electrons. The molecule has 1 atom stereocenters. The standard InChI is InChI=1S/C18H22N2O4S/c1-11(2)17-20-14(10-25-17)16(21)19-9-13(18(22)23)8-12-6-4-5-7-15(12)24-3/h4-7,10-11,13H,8-9H2,1-3H3,(H,19,21)(H,22,23). The quantitative estimate of drug-likeness (QED) is 0.754. The van der Waals surface area contributed by atoms with Gasteiger partial charge in [-0.25, -0.2) is 4.98 Å². The number of amides is 1. The SMILES string of the molecule is COc1ccccc1CC(CNC(=O)c1csc(C(C)C)n1)C(=O)O. The molecule has 0 saturated carbocycles. The van der Waals surface area contributed by atoms with Gasteiger partial charge in [0.25, 0.3) is 5.91 Å². The Morgan fingerprint density at radius 1 is 1.32 bits per heavy atom. The number of hydrogen-bond acceptors (Lipinski definition) is 5. The summed E-state index contributed by atoms with van der Waals surface area (Å²) in [5.74, 6) is -1.17. The van der Waals surface area contributed by atoms with Crippen molar-refractivity contribution in [3.05, 3.63) is 45.9 Å². The molecule has 0 spiro atoms. The molecule has 1 amide bonds. The number of nitrogens with zero attached hydrogens (tertiary/aromatic N) is 1. The van der Waals surface area contributed by atoms with E-state index in [0.29, 0.717) is 11.4 Å². The Labute approximate surface area is 150 Å². The van der Waals surface area contributed by atoms with Crippen LogP contribution in [0.25, 0.3) is 0 Å². The maximum Gasteiger partial charge on any atom is 0.308 e. The van der Waals surface area contributed by atoms with Gasteiger partial charge in [-0.1, -0.05) is 32.0 Å². The summed E-state index contributed by atoms with van der Waals surface area (Å²) in [6.07, 6.45) is 0.272. The van der Waals surface area contributed by atoms with Crippen LogP contribution in [-0.4, -0.2) is 35.6 Å². The summed E-state index contributed by atoms with van der Waals surface area (Å²) in [5.41, 5.74) is 1.12. The van der Waals surface area contributed by atoms with Gasteiger partial charge >= 0.3 is 5.97 Å². The van der Waals surface area contributed by atoms with Crippen molar-refractivity contribution in [3.63, 3.8) is 0 Å². The highest BCUT2D eigenvalue weighted by Gasteiger charge is 2.22. The van der Waals surface area contributed by atoms with E-state index in [1.54, 1.807) is 18.6 Å². The van der Waals surface area contributed by atoms with Gasteiger partial charge in [-0.3, -0.25) is 9.59 Å². The maximum atomic E-state index is 12.2. The number of carbonyl (C=O) groups excluding carboxylic acids is 1. The molecule has 0 aliphatic rings. The summed E-state index contributed by atoms with van der Waals surface area (Å²) in [6.45, 7) is 4.04. The van der Waals surface area contributed by atoms with Gasteiger partial charge in [0, 0.05) is 17.8 Å². The number of aromatic nitrogens is 1. The monoisotopic (exact) mass is 362 g/mol. The fourth-order valence-electron chi connectivity index (χ4n) is 2.35. The molecule has 1 aromatic carbocycles. The van der Waals surface area contributed by atoms with Crippen molar-refractivity contribution >= 4 is 23.2 Å². The Hall–Kier alpha value is -2.41. The minimum Gasteiger partial charge on any atom is -0.496 e. The van der Waals surface area contributed by atoms with Crippen LogP contribution in [-0.2, 0) is 11.2 Å². The first-order chi connectivity index (χ1) is 11.9. The Morgan fingerprint density at radius 2 is 2.04 bits per heavy atom. The van der Waals surface area contributed by atoms with E-state index in [2.05, 4.69) is 10.3 Å². The predicted octanol–water partition coefficient (Wildman–Crippen LogP) is 2.95. The van der Waals surface area contributed by atoms with Crippen molar-refractivity contribution in [1.82, 2.24) is 10.3 Å². The van der Waals surface area contributed by atoms with Crippen molar-refractivity contribution in [3.8, 4) is 5.75 Å². The average molecular weight is 362 g/mol. The second-order valence-electron chi connectivity index (χ2n) is 5.99. The topological polar surface area (TPSA) is 88.5 Å². The van der Waals surface area contributed by atoms with Gasteiger partial charge in [-0.2, -0.15) is 0 Å². The third-order valence-electron chi connectivity index (χ3n) is 3.77. The van der Waals surface area contributed by atoms with E-state index in [0.717, 1.165) is 10.6 Å². The largest absolute Gasteiger partial charge is 0.496 e. The lowest BCUT2D eigenvalue weighted by Crippen LogP contribution is -2.34. The molecule has 134 valence electrons. The van der Waals surface area contributed by atoms with Crippen LogP contribution < -0.4 is 10.1 Å². The maximum absolute atomic E-state index is 12.2. The van der Waals surface area contributed by atoms with Crippen LogP contribution in [0.4, 0.5) is 0 Å². The number of benzene rings is 1. The van der Waals surface area contributed by atoms with Gasteiger partial charge in [-0.15, -0.1) is 11.3 Å². The highest BCUT2D eigenvalue weighted by atomic mass is 32.1. The van der Waals surface area contributed by atoms with E-state index < -0.39 is 11.9 Å². The lowest BCUT2D eigenvalue weighted by molar-refractivity contribution is -0.141. The fraction of sp³-hybridized carbons (Fsp3) is 0.389. The van der Waals surface area contributed by atoms with E-state index in [1.165, 1.54) is 11.3 Å². The van der Waals surface area contributed by atoms with Crippen LogP contribution in [0, 0.1) is 5.92 Å². The number of rotatable bonds is 8. The van der Waals surface area contributed by atoms with Gasteiger partial charge in [0.2, 0.25) is 0 Å². The Balaban J connectivity index is 2.01. The molecular formula is C18H22N2O4S. The number of thiazole rings is 1. The Kier molecular flexibility index (Phi) is 6.52. The number of ether oxygens (including phenoxy) is 1. The number of methoxy groups -OCH3 is 1.